The van der Waals surface area contributed by atoms with Gasteiger partial charge in [0.2, 0.25) is 0 Å². The van der Waals surface area contributed by atoms with Crippen LogP contribution in [-0.2, 0) is 11.3 Å². The second-order valence-electron chi connectivity index (χ2n) is 10.5. The summed E-state index contributed by atoms with van der Waals surface area (Å²) in [5, 5.41) is 14.0. The lowest BCUT2D eigenvalue weighted by Crippen LogP contribution is -2.38. The van der Waals surface area contributed by atoms with E-state index in [0.717, 1.165) is 62.0 Å². The molecule has 6 rings (SSSR count). The highest BCUT2D eigenvalue weighted by molar-refractivity contribution is 5.83. The van der Waals surface area contributed by atoms with Crippen molar-refractivity contribution in [2.24, 2.45) is 0 Å². The first kappa shape index (κ1) is 24.4. The fourth-order valence-corrected chi connectivity index (χ4v) is 6.09. The van der Waals surface area contributed by atoms with Crippen molar-refractivity contribution in [3.8, 4) is 11.5 Å². The molecule has 1 saturated carbocycles. The van der Waals surface area contributed by atoms with E-state index in [1.54, 1.807) is 0 Å². The number of hydrogen-bond acceptors (Lipinski definition) is 8. The third kappa shape index (κ3) is 5.09. The number of H-pyrrole nitrogens is 1. The lowest BCUT2D eigenvalue weighted by atomic mass is 9.95. The molecule has 1 N–H and O–H groups in total. The van der Waals surface area contributed by atoms with Crippen molar-refractivity contribution in [1.82, 2.24) is 30.1 Å². The van der Waals surface area contributed by atoms with Crippen molar-refractivity contribution in [3.05, 3.63) is 39.9 Å². The number of nitrogens with zero attached hydrogens (tertiary/aromatic N) is 5. The molecule has 0 amide bonds. The smallest absolute Gasteiger partial charge is 0.252 e. The van der Waals surface area contributed by atoms with Gasteiger partial charge in [-0.1, -0.05) is 26.2 Å². The van der Waals surface area contributed by atoms with E-state index in [4.69, 9.17) is 14.2 Å². The molecule has 2 fully saturated rings. The van der Waals surface area contributed by atoms with Crippen molar-refractivity contribution in [2.75, 3.05) is 26.4 Å². The number of aromatic nitrogens is 5. The molecule has 4 heterocycles. The highest BCUT2D eigenvalue weighted by Crippen LogP contribution is 2.35. The minimum Gasteiger partial charge on any atom is -0.486 e. The predicted octanol–water partition coefficient (Wildman–Crippen LogP) is 3.92. The Morgan fingerprint density at radius 2 is 1.86 bits per heavy atom. The first-order valence-electron chi connectivity index (χ1n) is 13.8. The van der Waals surface area contributed by atoms with E-state index in [9.17, 15) is 4.79 Å². The molecule has 198 valence electrons. The van der Waals surface area contributed by atoms with Crippen LogP contribution in [0.2, 0.25) is 0 Å². The zero-order valence-electron chi connectivity index (χ0n) is 21.5. The maximum Gasteiger partial charge on any atom is 0.252 e. The standard InChI is InChI=1S/C27H36N6O4/c1-2-23(26-29-30-31-33(26)20-7-4-3-5-8-20)32(17-21-9-6-10-35-21)16-19-13-18-14-24-25(37-12-11-36-24)15-22(18)28-27(19)34/h13-15,20-21,23H,2-12,16-17H2,1H3,(H,28,34)/t21-,23+/m0/s1. The van der Waals surface area contributed by atoms with Crippen LogP contribution in [0.15, 0.2) is 23.0 Å². The van der Waals surface area contributed by atoms with Gasteiger partial charge < -0.3 is 19.2 Å². The number of hydrogen-bond donors (Lipinski definition) is 1. The van der Waals surface area contributed by atoms with Crippen LogP contribution in [0.4, 0.5) is 0 Å². The third-order valence-electron chi connectivity index (χ3n) is 7.98. The van der Waals surface area contributed by atoms with Gasteiger partial charge in [0.25, 0.3) is 5.56 Å². The summed E-state index contributed by atoms with van der Waals surface area (Å²) in [6.07, 6.45) is 9.01. The number of ether oxygens (including phenoxy) is 3. The Morgan fingerprint density at radius 1 is 1.05 bits per heavy atom. The fourth-order valence-electron chi connectivity index (χ4n) is 6.09. The molecule has 0 radical (unpaired) electrons. The van der Waals surface area contributed by atoms with Gasteiger partial charge in [-0.2, -0.15) is 0 Å². The Balaban J connectivity index is 1.33. The Bertz CT molecular complexity index is 1280. The van der Waals surface area contributed by atoms with Gasteiger partial charge >= 0.3 is 0 Å². The van der Waals surface area contributed by atoms with Crippen LogP contribution < -0.4 is 15.0 Å². The van der Waals surface area contributed by atoms with Crippen molar-refractivity contribution >= 4 is 10.9 Å². The lowest BCUT2D eigenvalue weighted by Gasteiger charge is -2.33. The fraction of sp³-hybridized carbons (Fsp3) is 0.630. The zero-order chi connectivity index (χ0) is 25.2. The Kier molecular flexibility index (Phi) is 7.10. The summed E-state index contributed by atoms with van der Waals surface area (Å²) in [5.74, 6) is 2.28. The minimum absolute atomic E-state index is 0.0171. The summed E-state index contributed by atoms with van der Waals surface area (Å²) in [5.41, 5.74) is 1.36. The van der Waals surface area contributed by atoms with Crippen molar-refractivity contribution in [1.29, 1.82) is 0 Å². The average Bonchev–Trinajstić information content (AvgIpc) is 3.62. The number of nitrogens with one attached hydrogen (secondary N) is 1. The highest BCUT2D eigenvalue weighted by Gasteiger charge is 2.31. The molecule has 3 aromatic rings. The van der Waals surface area contributed by atoms with Crippen molar-refractivity contribution < 1.29 is 14.2 Å². The summed E-state index contributed by atoms with van der Waals surface area (Å²) >= 11 is 0. The summed E-state index contributed by atoms with van der Waals surface area (Å²) in [7, 11) is 0. The van der Waals surface area contributed by atoms with Crippen LogP contribution in [0.5, 0.6) is 11.5 Å². The number of rotatable bonds is 8. The van der Waals surface area contributed by atoms with E-state index in [0.29, 0.717) is 42.9 Å². The van der Waals surface area contributed by atoms with Gasteiger partial charge in [-0.15, -0.1) is 5.10 Å². The average molecular weight is 509 g/mol. The predicted molar refractivity (Wildman–Crippen MR) is 138 cm³/mol. The molecule has 2 aromatic heterocycles. The van der Waals surface area contributed by atoms with Gasteiger partial charge in [-0.05, 0) is 54.7 Å². The van der Waals surface area contributed by atoms with Crippen molar-refractivity contribution in [2.45, 2.75) is 83.0 Å². The molecule has 1 saturated heterocycles. The normalized spacial score (nSPS) is 21.1. The van der Waals surface area contributed by atoms with Gasteiger partial charge in [0.1, 0.15) is 13.2 Å². The maximum atomic E-state index is 13.3. The van der Waals surface area contributed by atoms with E-state index in [-0.39, 0.29) is 17.7 Å². The summed E-state index contributed by atoms with van der Waals surface area (Å²) in [6.45, 7) is 5.21. The van der Waals surface area contributed by atoms with Crippen LogP contribution in [0.25, 0.3) is 10.9 Å². The van der Waals surface area contributed by atoms with E-state index < -0.39 is 0 Å². The van der Waals surface area contributed by atoms with Gasteiger partial charge in [-0.25, -0.2) is 4.68 Å². The molecule has 1 aromatic carbocycles. The molecule has 0 spiro atoms. The molecule has 37 heavy (non-hydrogen) atoms. The molecule has 10 nitrogen and oxygen atoms in total. The lowest BCUT2D eigenvalue weighted by molar-refractivity contribution is 0.0481. The second kappa shape index (κ2) is 10.8. The van der Waals surface area contributed by atoms with Crippen LogP contribution >= 0.6 is 0 Å². The van der Waals surface area contributed by atoms with Crippen molar-refractivity contribution in [3.63, 3.8) is 0 Å². The molecular formula is C27H36N6O4. The first-order valence-corrected chi connectivity index (χ1v) is 13.8. The number of pyridine rings is 1. The molecule has 0 unspecified atom stereocenters. The Labute approximate surface area is 216 Å². The number of aromatic amines is 1. The Hall–Kier alpha value is -2.98. The van der Waals surface area contributed by atoms with Gasteiger partial charge in [-0.3, -0.25) is 9.69 Å². The maximum absolute atomic E-state index is 13.3. The Morgan fingerprint density at radius 3 is 2.62 bits per heavy atom. The summed E-state index contributed by atoms with van der Waals surface area (Å²) in [4.78, 5) is 18.7. The first-order chi connectivity index (χ1) is 18.2. The molecular weight excluding hydrogens is 472 g/mol. The molecule has 1 aliphatic carbocycles. The monoisotopic (exact) mass is 508 g/mol. The van der Waals surface area contributed by atoms with Crippen LogP contribution in [-0.4, -0.2) is 62.6 Å². The van der Waals surface area contributed by atoms with Gasteiger partial charge in [0.05, 0.1) is 23.7 Å². The topological polar surface area (TPSA) is 107 Å². The molecule has 2 aliphatic heterocycles. The largest absolute Gasteiger partial charge is 0.486 e. The SMILES string of the molecule is CC[C@H](c1nnnn1C1CCCCC1)N(Cc1cc2cc3c(cc2[nH]c1=O)OCCO3)C[C@@H]1CCCO1. The molecule has 2 atom stereocenters. The molecule has 0 bridgehead atoms. The second-order valence-corrected chi connectivity index (χ2v) is 10.5. The quantitative estimate of drug-likeness (QED) is 0.488. The number of benzene rings is 1. The number of tetrazole rings is 1. The van der Waals surface area contributed by atoms with Gasteiger partial charge in [0, 0.05) is 36.7 Å². The van der Waals surface area contributed by atoms with E-state index in [1.807, 2.05) is 18.2 Å². The van der Waals surface area contributed by atoms with Crippen LogP contribution in [0.3, 0.4) is 0 Å². The molecule has 10 heteroatoms. The van der Waals surface area contributed by atoms with Gasteiger partial charge in [0.15, 0.2) is 17.3 Å². The highest BCUT2D eigenvalue weighted by atomic mass is 16.6. The molecule has 3 aliphatic rings. The summed E-state index contributed by atoms with van der Waals surface area (Å²) < 4.78 is 19.6. The van der Waals surface area contributed by atoms with Crippen LogP contribution in [0.1, 0.15) is 81.8 Å². The number of fused-ring (bicyclic) bond motifs is 2. The third-order valence-corrected chi connectivity index (χ3v) is 7.98. The van der Waals surface area contributed by atoms with Crippen LogP contribution in [0, 0.1) is 0 Å². The van der Waals surface area contributed by atoms with E-state index in [1.165, 1.54) is 19.3 Å². The summed E-state index contributed by atoms with van der Waals surface area (Å²) in [6, 6.07) is 6.11. The van der Waals surface area contributed by atoms with E-state index in [2.05, 4.69) is 37.0 Å². The zero-order valence-corrected chi connectivity index (χ0v) is 21.5. The minimum atomic E-state index is -0.0942. The van der Waals surface area contributed by atoms with E-state index >= 15 is 0 Å².